The Labute approximate surface area is 114 Å². The molecule has 3 nitrogen and oxygen atoms in total. The minimum Gasteiger partial charge on any atom is -0.347 e. The van der Waals surface area contributed by atoms with Crippen LogP contribution in [0, 0.1) is 0 Å². The summed E-state index contributed by atoms with van der Waals surface area (Å²) in [6, 6.07) is 10.6. The number of benzene rings is 1. The van der Waals surface area contributed by atoms with Crippen molar-refractivity contribution in [3.63, 3.8) is 0 Å². The number of halogens is 1. The van der Waals surface area contributed by atoms with Gasteiger partial charge in [0.25, 0.3) is 0 Å². The first-order valence-corrected chi connectivity index (χ1v) is 6.41. The summed E-state index contributed by atoms with van der Waals surface area (Å²) in [6.07, 6.45) is 2.00. The van der Waals surface area contributed by atoms with E-state index in [9.17, 15) is 0 Å². The predicted molar refractivity (Wildman–Crippen MR) is 72.8 cm³/mol. The van der Waals surface area contributed by atoms with Gasteiger partial charge in [0.1, 0.15) is 0 Å². The summed E-state index contributed by atoms with van der Waals surface area (Å²) in [6.45, 7) is 4.69. The van der Waals surface area contributed by atoms with Crippen molar-refractivity contribution in [2.24, 2.45) is 0 Å². The van der Waals surface area contributed by atoms with Crippen molar-refractivity contribution in [2.75, 3.05) is 26.3 Å². The van der Waals surface area contributed by atoms with E-state index in [0.717, 1.165) is 45.7 Å². The summed E-state index contributed by atoms with van der Waals surface area (Å²) >= 11 is 0. The van der Waals surface area contributed by atoms with Crippen LogP contribution in [-0.2, 0) is 16.0 Å². The molecule has 0 aromatic heterocycles. The van der Waals surface area contributed by atoms with Crippen LogP contribution in [0.15, 0.2) is 30.3 Å². The fourth-order valence-electron chi connectivity index (χ4n) is 2.68. The molecule has 18 heavy (non-hydrogen) atoms. The fourth-order valence-corrected chi connectivity index (χ4v) is 2.68. The van der Waals surface area contributed by atoms with E-state index in [1.165, 1.54) is 5.56 Å². The highest BCUT2D eigenvalue weighted by molar-refractivity contribution is 5.85. The largest absolute Gasteiger partial charge is 0.347 e. The Morgan fingerprint density at radius 3 is 2.22 bits per heavy atom. The zero-order valence-electron chi connectivity index (χ0n) is 10.5. The molecular weight excluding hydrogens is 250 g/mol. The predicted octanol–water partition coefficient (Wildman–Crippen LogP) is 2.45. The van der Waals surface area contributed by atoms with E-state index in [0.29, 0.717) is 0 Å². The van der Waals surface area contributed by atoms with Crippen LogP contribution in [0.2, 0.25) is 0 Å². The summed E-state index contributed by atoms with van der Waals surface area (Å²) in [4.78, 5) is 2.48. The Hall–Kier alpha value is -0.610. The zero-order chi connectivity index (χ0) is 11.6. The molecule has 100 valence electrons. The van der Waals surface area contributed by atoms with Crippen LogP contribution in [-0.4, -0.2) is 37.0 Å². The Kier molecular flexibility index (Phi) is 4.62. The van der Waals surface area contributed by atoms with Crippen LogP contribution in [0.3, 0.4) is 0 Å². The molecule has 0 unspecified atom stereocenters. The first-order valence-electron chi connectivity index (χ1n) is 6.41. The number of ether oxygens (including phenoxy) is 2. The van der Waals surface area contributed by atoms with Crippen molar-refractivity contribution in [3.8, 4) is 0 Å². The Balaban J connectivity index is 0.00000120. The molecule has 1 aromatic carbocycles. The second-order valence-corrected chi connectivity index (χ2v) is 4.87. The lowest BCUT2D eigenvalue weighted by molar-refractivity contribution is -0.185. The molecule has 1 spiro atoms. The second-order valence-electron chi connectivity index (χ2n) is 4.87. The highest BCUT2D eigenvalue weighted by Crippen LogP contribution is 2.31. The molecule has 2 fully saturated rings. The Morgan fingerprint density at radius 1 is 1.00 bits per heavy atom. The number of likely N-dealkylation sites (tertiary alicyclic amines) is 1. The van der Waals surface area contributed by atoms with Crippen LogP contribution in [0.5, 0.6) is 0 Å². The molecule has 0 atom stereocenters. The molecule has 1 aromatic rings. The highest BCUT2D eigenvalue weighted by atomic mass is 35.5. The average Bonchev–Trinajstić information content (AvgIpc) is 2.83. The molecule has 2 aliphatic rings. The summed E-state index contributed by atoms with van der Waals surface area (Å²) in [5, 5.41) is 0. The van der Waals surface area contributed by atoms with Gasteiger partial charge in [-0.3, -0.25) is 4.90 Å². The third-order valence-corrected chi connectivity index (χ3v) is 3.68. The smallest absolute Gasteiger partial charge is 0.170 e. The van der Waals surface area contributed by atoms with Crippen molar-refractivity contribution in [1.29, 1.82) is 0 Å². The molecular formula is C14H20ClNO2. The molecule has 0 aliphatic carbocycles. The van der Waals surface area contributed by atoms with E-state index in [1.54, 1.807) is 0 Å². The summed E-state index contributed by atoms with van der Waals surface area (Å²) in [5.41, 5.74) is 1.39. The number of rotatable bonds is 2. The average molecular weight is 270 g/mol. The first-order chi connectivity index (χ1) is 8.36. The van der Waals surface area contributed by atoms with Gasteiger partial charge in [-0.15, -0.1) is 12.4 Å². The Bertz CT molecular complexity index is 355. The van der Waals surface area contributed by atoms with Crippen LogP contribution < -0.4 is 0 Å². The number of piperidine rings is 1. The normalized spacial score (nSPS) is 22.9. The molecule has 0 N–H and O–H groups in total. The third kappa shape index (κ3) is 3.04. The molecule has 3 rings (SSSR count). The van der Waals surface area contributed by atoms with Gasteiger partial charge in [-0.05, 0) is 5.56 Å². The number of nitrogens with zero attached hydrogens (tertiary/aromatic N) is 1. The Morgan fingerprint density at radius 2 is 1.61 bits per heavy atom. The summed E-state index contributed by atoms with van der Waals surface area (Å²) in [5.74, 6) is -0.243. The van der Waals surface area contributed by atoms with Gasteiger partial charge < -0.3 is 9.47 Å². The van der Waals surface area contributed by atoms with Gasteiger partial charge in [0.15, 0.2) is 5.79 Å². The maximum Gasteiger partial charge on any atom is 0.170 e. The molecule has 0 amide bonds. The summed E-state index contributed by atoms with van der Waals surface area (Å²) in [7, 11) is 0. The maximum atomic E-state index is 5.73. The lowest BCUT2D eigenvalue weighted by Gasteiger charge is -2.37. The van der Waals surface area contributed by atoms with Crippen molar-refractivity contribution in [1.82, 2.24) is 4.90 Å². The van der Waals surface area contributed by atoms with E-state index < -0.39 is 0 Å². The summed E-state index contributed by atoms with van der Waals surface area (Å²) < 4.78 is 11.5. The van der Waals surface area contributed by atoms with Gasteiger partial charge in [0.2, 0.25) is 0 Å². The monoisotopic (exact) mass is 269 g/mol. The molecule has 2 heterocycles. The number of hydrogen-bond acceptors (Lipinski definition) is 3. The van der Waals surface area contributed by atoms with Crippen molar-refractivity contribution in [2.45, 2.75) is 25.2 Å². The first kappa shape index (κ1) is 13.8. The maximum absolute atomic E-state index is 5.73. The number of hydrogen-bond donors (Lipinski definition) is 0. The zero-order valence-corrected chi connectivity index (χ0v) is 11.3. The van der Waals surface area contributed by atoms with Crippen LogP contribution in [0.25, 0.3) is 0 Å². The second kappa shape index (κ2) is 6.02. The van der Waals surface area contributed by atoms with Gasteiger partial charge in [-0.25, -0.2) is 0 Å². The van der Waals surface area contributed by atoms with E-state index in [1.807, 2.05) is 0 Å². The lowest BCUT2D eigenvalue weighted by Crippen LogP contribution is -2.44. The minimum absolute atomic E-state index is 0. The van der Waals surface area contributed by atoms with Gasteiger partial charge in [-0.1, -0.05) is 30.3 Å². The molecule has 2 saturated heterocycles. The quantitative estimate of drug-likeness (QED) is 0.823. The molecule has 2 aliphatic heterocycles. The van der Waals surface area contributed by atoms with Gasteiger partial charge in [0.05, 0.1) is 13.2 Å². The fraction of sp³-hybridized carbons (Fsp3) is 0.571. The van der Waals surface area contributed by atoms with Crippen LogP contribution in [0.1, 0.15) is 18.4 Å². The lowest BCUT2D eigenvalue weighted by atomic mass is 10.0. The molecule has 0 bridgehead atoms. The standard InChI is InChI=1S/C14H19NO2.ClH/c1-2-4-13(5-3-1)12-15-8-6-14(7-9-15)16-10-11-17-14;/h1-5H,6-12H2;1H. The van der Waals surface area contributed by atoms with Crippen molar-refractivity contribution >= 4 is 12.4 Å². The van der Waals surface area contributed by atoms with E-state index in [2.05, 4.69) is 35.2 Å². The van der Waals surface area contributed by atoms with Gasteiger partial charge >= 0.3 is 0 Å². The van der Waals surface area contributed by atoms with Gasteiger partial charge in [0, 0.05) is 32.5 Å². The molecule has 4 heteroatoms. The topological polar surface area (TPSA) is 21.7 Å². The molecule has 0 saturated carbocycles. The van der Waals surface area contributed by atoms with Crippen LogP contribution in [0.4, 0.5) is 0 Å². The molecule has 0 radical (unpaired) electrons. The van der Waals surface area contributed by atoms with E-state index in [4.69, 9.17) is 9.47 Å². The third-order valence-electron chi connectivity index (χ3n) is 3.68. The SMILES string of the molecule is Cl.c1ccc(CN2CCC3(CC2)OCCO3)cc1. The van der Waals surface area contributed by atoms with Crippen molar-refractivity contribution in [3.05, 3.63) is 35.9 Å². The minimum atomic E-state index is -0.243. The van der Waals surface area contributed by atoms with Crippen LogP contribution >= 0.6 is 12.4 Å². The van der Waals surface area contributed by atoms with E-state index in [-0.39, 0.29) is 18.2 Å². The van der Waals surface area contributed by atoms with Gasteiger partial charge in [-0.2, -0.15) is 0 Å². The van der Waals surface area contributed by atoms with Crippen molar-refractivity contribution < 1.29 is 9.47 Å². The highest BCUT2D eigenvalue weighted by Gasteiger charge is 2.39. The van der Waals surface area contributed by atoms with E-state index >= 15 is 0 Å².